The van der Waals surface area contributed by atoms with Crippen molar-refractivity contribution in [1.82, 2.24) is 14.8 Å². The van der Waals surface area contributed by atoms with E-state index in [1.54, 1.807) is 0 Å². The number of hydrogen-bond donors (Lipinski definition) is 0. The summed E-state index contributed by atoms with van der Waals surface area (Å²) in [6.07, 6.45) is 6.62. The molecule has 2 fully saturated rings. The molecular weight excluding hydrogens is 210 g/mol. The maximum atomic E-state index is 4.20. The van der Waals surface area contributed by atoms with Gasteiger partial charge in [0.25, 0.3) is 0 Å². The van der Waals surface area contributed by atoms with E-state index in [2.05, 4.69) is 27.8 Å². The van der Waals surface area contributed by atoms with Crippen LogP contribution in [-0.4, -0.2) is 46.5 Å². The van der Waals surface area contributed by atoms with Crippen LogP contribution in [0.3, 0.4) is 0 Å². The number of fused-ring (bicyclic) bond motifs is 1. The quantitative estimate of drug-likeness (QED) is 0.773. The molecule has 1 unspecified atom stereocenters. The summed E-state index contributed by atoms with van der Waals surface area (Å²) in [7, 11) is 0. The van der Waals surface area contributed by atoms with Crippen molar-refractivity contribution in [2.45, 2.75) is 38.4 Å². The molecule has 0 radical (unpaired) electrons. The van der Waals surface area contributed by atoms with Crippen molar-refractivity contribution < 1.29 is 0 Å². The standard InChI is InChI=1S/C14H21N3/c1-12-9-16-7-3-5-14(16)11-17(12)10-13-4-2-6-15-8-13/h2,4,6,8,12,14H,3,5,7,9-11H2,1H3/t12-,14?/m0/s1. The summed E-state index contributed by atoms with van der Waals surface area (Å²) in [5, 5.41) is 0. The molecular formula is C14H21N3. The first-order chi connectivity index (χ1) is 8.33. The maximum Gasteiger partial charge on any atom is 0.0312 e. The molecule has 92 valence electrons. The Bertz CT molecular complexity index is 365. The molecule has 0 saturated carbocycles. The van der Waals surface area contributed by atoms with Gasteiger partial charge in [-0.2, -0.15) is 0 Å². The molecule has 1 aromatic heterocycles. The highest BCUT2D eigenvalue weighted by Gasteiger charge is 2.34. The predicted molar refractivity (Wildman–Crippen MR) is 68.7 cm³/mol. The van der Waals surface area contributed by atoms with Crippen LogP contribution in [0, 0.1) is 0 Å². The number of aromatic nitrogens is 1. The van der Waals surface area contributed by atoms with Crippen molar-refractivity contribution in [2.75, 3.05) is 19.6 Å². The van der Waals surface area contributed by atoms with Gasteiger partial charge in [-0.3, -0.25) is 14.8 Å². The van der Waals surface area contributed by atoms with Gasteiger partial charge in [-0.05, 0) is 37.9 Å². The molecule has 0 aliphatic carbocycles. The zero-order valence-corrected chi connectivity index (χ0v) is 10.5. The number of piperazine rings is 1. The first-order valence-corrected chi connectivity index (χ1v) is 6.70. The summed E-state index contributed by atoms with van der Waals surface area (Å²) >= 11 is 0. The molecule has 2 atom stereocenters. The highest BCUT2D eigenvalue weighted by Crippen LogP contribution is 2.25. The molecule has 0 N–H and O–H groups in total. The number of hydrogen-bond acceptors (Lipinski definition) is 3. The van der Waals surface area contributed by atoms with Gasteiger partial charge in [-0.15, -0.1) is 0 Å². The Hall–Kier alpha value is -0.930. The molecule has 2 saturated heterocycles. The Kier molecular flexibility index (Phi) is 3.12. The lowest BCUT2D eigenvalue weighted by Crippen LogP contribution is -2.54. The number of nitrogens with zero attached hydrogens (tertiary/aromatic N) is 3. The van der Waals surface area contributed by atoms with Crippen molar-refractivity contribution in [1.29, 1.82) is 0 Å². The van der Waals surface area contributed by atoms with E-state index >= 15 is 0 Å². The lowest BCUT2D eigenvalue weighted by atomic mass is 10.1. The summed E-state index contributed by atoms with van der Waals surface area (Å²) in [4.78, 5) is 9.49. The zero-order valence-electron chi connectivity index (χ0n) is 10.5. The Morgan fingerprint density at radius 2 is 2.35 bits per heavy atom. The van der Waals surface area contributed by atoms with Crippen LogP contribution < -0.4 is 0 Å². The van der Waals surface area contributed by atoms with Crippen molar-refractivity contribution in [2.24, 2.45) is 0 Å². The normalized spacial score (nSPS) is 30.4. The van der Waals surface area contributed by atoms with Crippen molar-refractivity contribution in [3.05, 3.63) is 30.1 Å². The van der Waals surface area contributed by atoms with E-state index < -0.39 is 0 Å². The van der Waals surface area contributed by atoms with Gasteiger partial charge in [0.1, 0.15) is 0 Å². The summed E-state index contributed by atoms with van der Waals surface area (Å²) in [5.41, 5.74) is 1.34. The molecule has 0 bridgehead atoms. The van der Waals surface area contributed by atoms with Gasteiger partial charge in [0.05, 0.1) is 0 Å². The SMILES string of the molecule is C[C@H]1CN2CCCC2CN1Cc1cccnc1. The first-order valence-electron chi connectivity index (χ1n) is 6.70. The van der Waals surface area contributed by atoms with E-state index in [9.17, 15) is 0 Å². The third kappa shape index (κ3) is 2.35. The molecule has 2 aliphatic rings. The third-order valence-electron chi connectivity index (χ3n) is 4.17. The van der Waals surface area contributed by atoms with Crippen LogP contribution in [0.5, 0.6) is 0 Å². The summed E-state index contributed by atoms with van der Waals surface area (Å²) < 4.78 is 0. The minimum Gasteiger partial charge on any atom is -0.298 e. The zero-order chi connectivity index (χ0) is 11.7. The topological polar surface area (TPSA) is 19.4 Å². The van der Waals surface area contributed by atoms with Crippen LogP contribution in [0.1, 0.15) is 25.3 Å². The molecule has 3 rings (SSSR count). The molecule has 3 heterocycles. The average molecular weight is 231 g/mol. The van der Waals surface area contributed by atoms with Crippen LogP contribution >= 0.6 is 0 Å². The molecule has 3 heteroatoms. The Morgan fingerprint density at radius 3 is 3.18 bits per heavy atom. The minimum absolute atomic E-state index is 0.671. The molecule has 1 aromatic rings. The fraction of sp³-hybridized carbons (Fsp3) is 0.643. The lowest BCUT2D eigenvalue weighted by molar-refractivity contribution is 0.0540. The predicted octanol–water partition coefficient (Wildman–Crippen LogP) is 1.75. The molecule has 0 spiro atoms. The van der Waals surface area contributed by atoms with Gasteiger partial charge in [0.15, 0.2) is 0 Å². The third-order valence-corrected chi connectivity index (χ3v) is 4.17. The maximum absolute atomic E-state index is 4.20. The smallest absolute Gasteiger partial charge is 0.0312 e. The van der Waals surface area contributed by atoms with E-state index in [0.717, 1.165) is 12.6 Å². The highest BCUT2D eigenvalue weighted by molar-refractivity contribution is 5.09. The molecule has 2 aliphatic heterocycles. The van der Waals surface area contributed by atoms with Crippen molar-refractivity contribution >= 4 is 0 Å². The number of rotatable bonds is 2. The first kappa shape index (κ1) is 11.2. The fourth-order valence-electron chi connectivity index (χ4n) is 3.19. The van der Waals surface area contributed by atoms with Gasteiger partial charge >= 0.3 is 0 Å². The van der Waals surface area contributed by atoms with E-state index in [1.165, 1.54) is 38.0 Å². The second-order valence-corrected chi connectivity index (χ2v) is 5.43. The van der Waals surface area contributed by atoms with Crippen LogP contribution in [0.4, 0.5) is 0 Å². The van der Waals surface area contributed by atoms with Gasteiger partial charge < -0.3 is 0 Å². The highest BCUT2D eigenvalue weighted by atomic mass is 15.3. The molecule has 0 aromatic carbocycles. The van der Waals surface area contributed by atoms with E-state index in [4.69, 9.17) is 0 Å². The molecule has 0 amide bonds. The van der Waals surface area contributed by atoms with E-state index in [-0.39, 0.29) is 0 Å². The van der Waals surface area contributed by atoms with E-state index in [1.807, 2.05) is 18.5 Å². The van der Waals surface area contributed by atoms with Gasteiger partial charge in [0.2, 0.25) is 0 Å². The summed E-state index contributed by atoms with van der Waals surface area (Å²) in [6.45, 7) is 7.20. The largest absolute Gasteiger partial charge is 0.298 e. The second kappa shape index (κ2) is 4.75. The van der Waals surface area contributed by atoms with Gasteiger partial charge in [-0.1, -0.05) is 6.07 Å². The van der Waals surface area contributed by atoms with Crippen LogP contribution in [0.25, 0.3) is 0 Å². The van der Waals surface area contributed by atoms with Gasteiger partial charge in [0, 0.05) is 44.1 Å². The summed E-state index contributed by atoms with van der Waals surface area (Å²) in [6, 6.07) is 5.69. The van der Waals surface area contributed by atoms with E-state index in [0.29, 0.717) is 6.04 Å². The molecule has 17 heavy (non-hydrogen) atoms. The Morgan fingerprint density at radius 1 is 1.41 bits per heavy atom. The van der Waals surface area contributed by atoms with Crippen molar-refractivity contribution in [3.63, 3.8) is 0 Å². The Labute approximate surface area is 103 Å². The van der Waals surface area contributed by atoms with Crippen LogP contribution in [0.15, 0.2) is 24.5 Å². The minimum atomic E-state index is 0.671. The number of pyridine rings is 1. The monoisotopic (exact) mass is 231 g/mol. The van der Waals surface area contributed by atoms with Crippen LogP contribution in [-0.2, 0) is 6.54 Å². The average Bonchev–Trinajstić information content (AvgIpc) is 2.78. The molecule has 3 nitrogen and oxygen atoms in total. The Balaban J connectivity index is 1.67. The van der Waals surface area contributed by atoms with Gasteiger partial charge in [-0.25, -0.2) is 0 Å². The van der Waals surface area contributed by atoms with Crippen LogP contribution in [0.2, 0.25) is 0 Å². The van der Waals surface area contributed by atoms with Crippen molar-refractivity contribution in [3.8, 4) is 0 Å². The fourth-order valence-corrected chi connectivity index (χ4v) is 3.19. The second-order valence-electron chi connectivity index (χ2n) is 5.43. The lowest BCUT2D eigenvalue weighted by Gasteiger charge is -2.42. The summed E-state index contributed by atoms with van der Waals surface area (Å²) in [5.74, 6) is 0.